The predicted molar refractivity (Wildman–Crippen MR) is 89.1 cm³/mol. The predicted octanol–water partition coefficient (Wildman–Crippen LogP) is 2.11. The number of aliphatic hydroxyl groups excluding tert-OH is 1. The molecule has 1 aliphatic carbocycles. The molecule has 1 saturated carbocycles. The van der Waals surface area contributed by atoms with Gasteiger partial charge in [0.1, 0.15) is 0 Å². The summed E-state index contributed by atoms with van der Waals surface area (Å²) in [5.74, 6) is 0.811. The minimum atomic E-state index is 0.271. The van der Waals surface area contributed by atoms with E-state index in [1.165, 1.54) is 64.5 Å². The zero-order chi connectivity index (χ0) is 15.2. The maximum atomic E-state index is 9.33. The van der Waals surface area contributed by atoms with Gasteiger partial charge in [-0.25, -0.2) is 0 Å². The van der Waals surface area contributed by atoms with Gasteiger partial charge in [0.25, 0.3) is 0 Å². The summed E-state index contributed by atoms with van der Waals surface area (Å²) < 4.78 is 5.77. The van der Waals surface area contributed by atoms with E-state index < -0.39 is 0 Å². The molecule has 1 N–H and O–H groups in total. The average Bonchev–Trinajstić information content (AvgIpc) is 3.21. The van der Waals surface area contributed by atoms with Gasteiger partial charge in [-0.05, 0) is 57.5 Å². The van der Waals surface area contributed by atoms with Crippen molar-refractivity contribution in [2.45, 2.75) is 63.5 Å². The van der Waals surface area contributed by atoms with Gasteiger partial charge in [-0.1, -0.05) is 12.8 Å². The normalized spacial score (nSPS) is 28.9. The first-order valence-corrected chi connectivity index (χ1v) is 9.54. The van der Waals surface area contributed by atoms with E-state index >= 15 is 0 Å². The van der Waals surface area contributed by atoms with Crippen LogP contribution in [0.2, 0.25) is 0 Å². The molecular weight excluding hydrogens is 276 g/mol. The molecule has 3 aliphatic rings. The smallest absolute Gasteiger partial charge is 0.0702 e. The van der Waals surface area contributed by atoms with E-state index in [1.54, 1.807) is 0 Å². The highest BCUT2D eigenvalue weighted by atomic mass is 16.5. The summed E-state index contributed by atoms with van der Waals surface area (Å²) in [7, 11) is 0. The van der Waals surface area contributed by atoms with Crippen molar-refractivity contribution in [3.63, 3.8) is 0 Å². The lowest BCUT2D eigenvalue weighted by Crippen LogP contribution is -2.44. The highest BCUT2D eigenvalue weighted by molar-refractivity contribution is 4.83. The van der Waals surface area contributed by atoms with Gasteiger partial charge in [-0.2, -0.15) is 0 Å². The molecule has 128 valence electrons. The lowest BCUT2D eigenvalue weighted by atomic mass is 9.94. The van der Waals surface area contributed by atoms with Crippen molar-refractivity contribution in [3.8, 4) is 0 Å². The number of rotatable bonds is 7. The topological polar surface area (TPSA) is 35.9 Å². The number of nitrogens with zero attached hydrogens (tertiary/aromatic N) is 2. The Balaban J connectivity index is 1.40. The molecule has 0 unspecified atom stereocenters. The molecule has 1 atom stereocenters. The lowest BCUT2D eigenvalue weighted by Gasteiger charge is -2.38. The molecule has 4 heteroatoms. The molecule has 2 aliphatic heterocycles. The maximum Gasteiger partial charge on any atom is 0.0702 e. The third-order valence-electron chi connectivity index (χ3n) is 5.91. The van der Waals surface area contributed by atoms with Crippen LogP contribution in [0, 0.1) is 5.92 Å². The fraction of sp³-hybridized carbons (Fsp3) is 1.00. The summed E-state index contributed by atoms with van der Waals surface area (Å²) in [6.07, 6.45) is 11.2. The number of piperidine rings is 1. The van der Waals surface area contributed by atoms with Crippen LogP contribution in [0.4, 0.5) is 0 Å². The molecular formula is C18H34N2O2. The van der Waals surface area contributed by atoms with Crippen molar-refractivity contribution in [3.05, 3.63) is 0 Å². The van der Waals surface area contributed by atoms with Gasteiger partial charge in [-0.3, -0.25) is 4.90 Å². The largest absolute Gasteiger partial charge is 0.395 e. The van der Waals surface area contributed by atoms with E-state index in [4.69, 9.17) is 4.74 Å². The van der Waals surface area contributed by atoms with Gasteiger partial charge in [0.05, 0.1) is 12.7 Å². The average molecular weight is 310 g/mol. The van der Waals surface area contributed by atoms with Crippen LogP contribution in [0.1, 0.15) is 51.4 Å². The number of hydrogen-bond donors (Lipinski definition) is 1. The van der Waals surface area contributed by atoms with Crippen LogP contribution in [-0.2, 0) is 4.74 Å². The van der Waals surface area contributed by atoms with Gasteiger partial charge in [-0.15, -0.1) is 0 Å². The first-order chi connectivity index (χ1) is 10.8. The quantitative estimate of drug-likeness (QED) is 0.781. The van der Waals surface area contributed by atoms with Crippen LogP contribution in [0.3, 0.4) is 0 Å². The number of aliphatic hydroxyl groups is 1. The standard InChI is InChI=1S/C18H34N2O2/c21-12-11-19(15-18-6-3-13-22-18)14-16-7-9-20(10-8-16)17-4-1-2-5-17/h16-18,21H,1-15H2/t18-/m1/s1. The van der Waals surface area contributed by atoms with Crippen LogP contribution in [-0.4, -0.2) is 73.0 Å². The summed E-state index contributed by atoms with van der Waals surface area (Å²) in [4.78, 5) is 5.20. The van der Waals surface area contributed by atoms with Gasteiger partial charge in [0.2, 0.25) is 0 Å². The third-order valence-corrected chi connectivity index (χ3v) is 5.91. The van der Waals surface area contributed by atoms with Gasteiger partial charge in [0, 0.05) is 32.3 Å². The monoisotopic (exact) mass is 310 g/mol. The Morgan fingerprint density at radius 1 is 0.955 bits per heavy atom. The molecule has 22 heavy (non-hydrogen) atoms. The molecule has 0 bridgehead atoms. The zero-order valence-electron chi connectivity index (χ0n) is 14.1. The van der Waals surface area contributed by atoms with E-state index in [0.717, 1.165) is 38.2 Å². The second-order valence-electron chi connectivity index (χ2n) is 7.54. The number of hydrogen-bond acceptors (Lipinski definition) is 4. The fourth-order valence-corrected chi connectivity index (χ4v) is 4.61. The summed E-state index contributed by atoms with van der Waals surface area (Å²) in [5.41, 5.74) is 0. The Morgan fingerprint density at radius 3 is 2.36 bits per heavy atom. The Bertz CT molecular complexity index is 306. The second kappa shape index (κ2) is 8.62. The molecule has 0 spiro atoms. The van der Waals surface area contributed by atoms with E-state index in [0.29, 0.717) is 6.10 Å². The summed E-state index contributed by atoms with van der Waals surface area (Å²) in [6, 6.07) is 0.890. The third kappa shape index (κ3) is 4.67. The minimum Gasteiger partial charge on any atom is -0.395 e. The minimum absolute atomic E-state index is 0.271. The Kier molecular flexibility index (Phi) is 6.54. The van der Waals surface area contributed by atoms with Crippen LogP contribution in [0.15, 0.2) is 0 Å². The molecule has 0 aromatic rings. The second-order valence-corrected chi connectivity index (χ2v) is 7.54. The van der Waals surface area contributed by atoms with Crippen molar-refractivity contribution in [1.29, 1.82) is 0 Å². The molecule has 0 aromatic carbocycles. The summed E-state index contributed by atoms with van der Waals surface area (Å²) in [5, 5.41) is 9.33. The first-order valence-electron chi connectivity index (χ1n) is 9.54. The first kappa shape index (κ1) is 16.7. The number of ether oxygens (including phenoxy) is 1. The van der Waals surface area contributed by atoms with Gasteiger partial charge >= 0.3 is 0 Å². The van der Waals surface area contributed by atoms with Crippen LogP contribution < -0.4 is 0 Å². The fourth-order valence-electron chi connectivity index (χ4n) is 4.61. The maximum absolute atomic E-state index is 9.33. The molecule has 2 heterocycles. The molecule has 0 amide bonds. The van der Waals surface area contributed by atoms with Crippen LogP contribution in [0.5, 0.6) is 0 Å². The van der Waals surface area contributed by atoms with Gasteiger partial charge in [0.15, 0.2) is 0 Å². The molecule has 2 saturated heterocycles. The summed E-state index contributed by atoms with van der Waals surface area (Å²) >= 11 is 0. The molecule has 4 nitrogen and oxygen atoms in total. The molecule has 0 aromatic heterocycles. The van der Waals surface area contributed by atoms with Crippen LogP contribution >= 0.6 is 0 Å². The summed E-state index contributed by atoms with van der Waals surface area (Å²) in [6.45, 7) is 6.76. The SMILES string of the molecule is OCCN(CC1CCN(C2CCCC2)CC1)C[C@H]1CCCO1. The van der Waals surface area contributed by atoms with E-state index in [2.05, 4.69) is 9.80 Å². The number of likely N-dealkylation sites (tertiary alicyclic amines) is 1. The van der Waals surface area contributed by atoms with E-state index in [1.807, 2.05) is 0 Å². The van der Waals surface area contributed by atoms with Gasteiger partial charge < -0.3 is 14.7 Å². The lowest BCUT2D eigenvalue weighted by molar-refractivity contribution is 0.0503. The van der Waals surface area contributed by atoms with Crippen molar-refractivity contribution >= 4 is 0 Å². The molecule has 3 rings (SSSR count). The Morgan fingerprint density at radius 2 is 1.73 bits per heavy atom. The highest BCUT2D eigenvalue weighted by Crippen LogP contribution is 2.28. The Hall–Kier alpha value is -0.160. The zero-order valence-corrected chi connectivity index (χ0v) is 14.1. The van der Waals surface area contributed by atoms with Crippen molar-refractivity contribution in [1.82, 2.24) is 9.80 Å². The highest BCUT2D eigenvalue weighted by Gasteiger charge is 2.28. The van der Waals surface area contributed by atoms with E-state index in [9.17, 15) is 5.11 Å². The Labute approximate surface area is 135 Å². The van der Waals surface area contributed by atoms with Crippen molar-refractivity contribution in [2.75, 3.05) is 45.9 Å². The van der Waals surface area contributed by atoms with E-state index in [-0.39, 0.29) is 6.61 Å². The molecule has 0 radical (unpaired) electrons. The van der Waals surface area contributed by atoms with Crippen molar-refractivity contribution < 1.29 is 9.84 Å². The van der Waals surface area contributed by atoms with Crippen molar-refractivity contribution in [2.24, 2.45) is 5.92 Å². The molecule has 3 fully saturated rings. The van der Waals surface area contributed by atoms with Crippen LogP contribution in [0.25, 0.3) is 0 Å².